The number of hydrogen-bond donors (Lipinski definition) is 2. The maximum atomic E-state index is 8.74. The molecule has 6 nitrogen and oxygen atoms in total. The lowest BCUT2D eigenvalue weighted by molar-refractivity contribution is 0.293. The van der Waals surface area contributed by atoms with Crippen LogP contribution in [-0.4, -0.2) is 20.8 Å². The fourth-order valence-corrected chi connectivity index (χ4v) is 1.81. The summed E-state index contributed by atoms with van der Waals surface area (Å²) >= 11 is 0. The van der Waals surface area contributed by atoms with Gasteiger partial charge in [0.15, 0.2) is 5.84 Å². The van der Waals surface area contributed by atoms with Gasteiger partial charge in [-0.1, -0.05) is 17.3 Å². The Labute approximate surface area is 111 Å². The normalized spacial score (nSPS) is 11.6. The molecule has 19 heavy (non-hydrogen) atoms. The third kappa shape index (κ3) is 2.85. The standard InChI is InChI=1S/C13H16N4O2/c1-9-7-10(17(2)15-9)8-19-12-6-4-3-5-11(12)13(14)16-18/h3-7,18H,8H2,1-2H3,(H2,14,16). The van der Waals surface area contributed by atoms with Crippen molar-refractivity contribution < 1.29 is 9.94 Å². The number of para-hydroxylation sites is 1. The van der Waals surface area contributed by atoms with Crippen molar-refractivity contribution in [2.24, 2.45) is 17.9 Å². The van der Waals surface area contributed by atoms with E-state index in [2.05, 4.69) is 10.3 Å². The second-order valence-electron chi connectivity index (χ2n) is 4.17. The molecule has 0 aliphatic rings. The van der Waals surface area contributed by atoms with Gasteiger partial charge in [0, 0.05) is 7.05 Å². The van der Waals surface area contributed by atoms with Gasteiger partial charge in [0.25, 0.3) is 0 Å². The Morgan fingerprint density at radius 1 is 1.47 bits per heavy atom. The highest BCUT2D eigenvalue weighted by molar-refractivity contribution is 5.99. The molecule has 0 radical (unpaired) electrons. The molecule has 6 heteroatoms. The van der Waals surface area contributed by atoms with Crippen LogP contribution in [0.4, 0.5) is 0 Å². The fourth-order valence-electron chi connectivity index (χ4n) is 1.81. The van der Waals surface area contributed by atoms with E-state index in [0.29, 0.717) is 17.9 Å². The van der Waals surface area contributed by atoms with E-state index in [-0.39, 0.29) is 5.84 Å². The van der Waals surface area contributed by atoms with E-state index in [1.807, 2.05) is 26.1 Å². The van der Waals surface area contributed by atoms with Crippen LogP contribution in [0.1, 0.15) is 17.0 Å². The van der Waals surface area contributed by atoms with Crippen molar-refractivity contribution in [2.45, 2.75) is 13.5 Å². The van der Waals surface area contributed by atoms with Crippen molar-refractivity contribution in [2.75, 3.05) is 0 Å². The molecule has 0 atom stereocenters. The highest BCUT2D eigenvalue weighted by Gasteiger charge is 2.09. The predicted octanol–water partition coefficient (Wildman–Crippen LogP) is 1.40. The lowest BCUT2D eigenvalue weighted by Gasteiger charge is -2.10. The molecule has 0 saturated carbocycles. The first kappa shape index (κ1) is 12.9. The summed E-state index contributed by atoms with van der Waals surface area (Å²) in [6.07, 6.45) is 0. The number of ether oxygens (including phenoxy) is 1. The minimum atomic E-state index is 0.0248. The van der Waals surface area contributed by atoms with Crippen LogP contribution in [0.3, 0.4) is 0 Å². The molecule has 2 rings (SSSR count). The third-order valence-corrected chi connectivity index (χ3v) is 2.75. The van der Waals surface area contributed by atoms with Crippen LogP contribution in [0.15, 0.2) is 35.5 Å². The fraction of sp³-hybridized carbons (Fsp3) is 0.231. The minimum absolute atomic E-state index is 0.0248. The van der Waals surface area contributed by atoms with Gasteiger partial charge in [-0.05, 0) is 25.1 Å². The molecule has 0 saturated heterocycles. The smallest absolute Gasteiger partial charge is 0.173 e. The van der Waals surface area contributed by atoms with E-state index >= 15 is 0 Å². The quantitative estimate of drug-likeness (QED) is 0.376. The van der Waals surface area contributed by atoms with Gasteiger partial charge in [0.05, 0.1) is 17.0 Å². The largest absolute Gasteiger partial charge is 0.487 e. The molecule has 0 fully saturated rings. The molecule has 0 amide bonds. The van der Waals surface area contributed by atoms with Crippen LogP contribution in [0, 0.1) is 6.92 Å². The number of nitrogens with zero attached hydrogens (tertiary/aromatic N) is 3. The molecule has 0 aliphatic carbocycles. The van der Waals surface area contributed by atoms with Crippen LogP contribution < -0.4 is 10.5 Å². The van der Waals surface area contributed by atoms with Gasteiger partial charge in [-0.25, -0.2) is 0 Å². The average Bonchev–Trinajstić information content (AvgIpc) is 2.74. The van der Waals surface area contributed by atoms with Gasteiger partial charge in [-0.3, -0.25) is 4.68 Å². The SMILES string of the molecule is Cc1cc(COc2ccccc2C(N)=NO)n(C)n1. The number of oxime groups is 1. The average molecular weight is 260 g/mol. The van der Waals surface area contributed by atoms with Crippen LogP contribution in [0.25, 0.3) is 0 Å². The summed E-state index contributed by atoms with van der Waals surface area (Å²) in [5, 5.41) is 16.0. The molecule has 1 aromatic heterocycles. The van der Waals surface area contributed by atoms with Crippen molar-refractivity contribution in [3.63, 3.8) is 0 Å². The first-order valence-corrected chi connectivity index (χ1v) is 5.81. The van der Waals surface area contributed by atoms with E-state index in [9.17, 15) is 0 Å². The molecular formula is C13H16N4O2. The van der Waals surface area contributed by atoms with Crippen molar-refractivity contribution >= 4 is 5.84 Å². The lowest BCUT2D eigenvalue weighted by atomic mass is 10.2. The van der Waals surface area contributed by atoms with Gasteiger partial charge < -0.3 is 15.7 Å². The molecule has 2 aromatic rings. The first-order chi connectivity index (χ1) is 9.11. The highest BCUT2D eigenvalue weighted by Crippen LogP contribution is 2.19. The Bertz CT molecular complexity index is 604. The molecule has 0 unspecified atom stereocenters. The summed E-state index contributed by atoms with van der Waals surface area (Å²) in [5.74, 6) is 0.591. The maximum absolute atomic E-state index is 8.74. The minimum Gasteiger partial charge on any atom is -0.487 e. The van der Waals surface area contributed by atoms with Gasteiger partial charge in [-0.2, -0.15) is 5.10 Å². The number of benzene rings is 1. The Balaban J connectivity index is 2.18. The molecule has 3 N–H and O–H groups in total. The molecular weight excluding hydrogens is 244 g/mol. The van der Waals surface area contributed by atoms with E-state index in [1.54, 1.807) is 22.9 Å². The van der Waals surface area contributed by atoms with Crippen molar-refractivity contribution in [3.05, 3.63) is 47.3 Å². The van der Waals surface area contributed by atoms with E-state index < -0.39 is 0 Å². The number of amidine groups is 1. The zero-order valence-corrected chi connectivity index (χ0v) is 10.9. The van der Waals surface area contributed by atoms with Crippen molar-refractivity contribution in [3.8, 4) is 5.75 Å². The monoisotopic (exact) mass is 260 g/mol. The van der Waals surface area contributed by atoms with Crippen molar-refractivity contribution in [1.82, 2.24) is 9.78 Å². The predicted molar refractivity (Wildman–Crippen MR) is 71.2 cm³/mol. The zero-order chi connectivity index (χ0) is 13.8. The van der Waals surface area contributed by atoms with Gasteiger partial charge >= 0.3 is 0 Å². The van der Waals surface area contributed by atoms with Crippen molar-refractivity contribution in [1.29, 1.82) is 0 Å². The van der Waals surface area contributed by atoms with E-state index in [0.717, 1.165) is 11.4 Å². The van der Waals surface area contributed by atoms with E-state index in [4.69, 9.17) is 15.7 Å². The number of rotatable bonds is 4. The summed E-state index contributed by atoms with van der Waals surface area (Å²) in [4.78, 5) is 0. The molecule has 1 heterocycles. The van der Waals surface area contributed by atoms with Gasteiger partial charge in [-0.15, -0.1) is 0 Å². The molecule has 100 valence electrons. The summed E-state index contributed by atoms with van der Waals surface area (Å²) < 4.78 is 7.47. The molecule has 0 spiro atoms. The second kappa shape index (κ2) is 5.43. The topological polar surface area (TPSA) is 85.7 Å². The van der Waals surface area contributed by atoms with E-state index in [1.165, 1.54) is 0 Å². The number of nitrogens with two attached hydrogens (primary N) is 1. The Morgan fingerprint density at radius 3 is 2.84 bits per heavy atom. The Kier molecular flexibility index (Phi) is 3.70. The third-order valence-electron chi connectivity index (χ3n) is 2.75. The number of hydrogen-bond acceptors (Lipinski definition) is 4. The maximum Gasteiger partial charge on any atom is 0.173 e. The van der Waals surface area contributed by atoms with Gasteiger partial charge in [0.2, 0.25) is 0 Å². The summed E-state index contributed by atoms with van der Waals surface area (Å²) in [7, 11) is 1.86. The number of aryl methyl sites for hydroxylation is 2. The van der Waals surface area contributed by atoms with Gasteiger partial charge in [0.1, 0.15) is 12.4 Å². The molecule has 1 aromatic carbocycles. The Hall–Kier alpha value is -2.50. The lowest BCUT2D eigenvalue weighted by Crippen LogP contribution is -2.15. The summed E-state index contributed by atoms with van der Waals surface area (Å²) in [5.41, 5.74) is 8.05. The first-order valence-electron chi connectivity index (χ1n) is 5.81. The van der Waals surface area contributed by atoms with Crippen LogP contribution in [-0.2, 0) is 13.7 Å². The molecule has 0 aliphatic heterocycles. The zero-order valence-electron chi connectivity index (χ0n) is 10.9. The summed E-state index contributed by atoms with van der Waals surface area (Å²) in [6, 6.07) is 9.09. The number of aromatic nitrogens is 2. The van der Waals surface area contributed by atoms with Crippen LogP contribution in [0.2, 0.25) is 0 Å². The molecule has 0 bridgehead atoms. The van der Waals surface area contributed by atoms with Crippen LogP contribution >= 0.6 is 0 Å². The highest BCUT2D eigenvalue weighted by atomic mass is 16.5. The van der Waals surface area contributed by atoms with Crippen LogP contribution in [0.5, 0.6) is 5.75 Å². The Morgan fingerprint density at radius 2 is 2.21 bits per heavy atom. The summed E-state index contributed by atoms with van der Waals surface area (Å²) in [6.45, 7) is 2.29. The second-order valence-corrected chi connectivity index (χ2v) is 4.17.